The Morgan fingerprint density at radius 3 is 2.57 bits per heavy atom. The number of rotatable bonds is 3. The first-order chi connectivity index (χ1) is 6.57. The molecule has 5 heteroatoms. The molecule has 1 aromatic heterocycles. The third-order valence-corrected chi connectivity index (χ3v) is 1.42. The number of hydrogen-bond acceptors (Lipinski definition) is 3. The van der Waals surface area contributed by atoms with E-state index in [9.17, 15) is 5.11 Å². The van der Waals surface area contributed by atoms with Crippen molar-refractivity contribution in [2.75, 3.05) is 0 Å². The van der Waals surface area contributed by atoms with Crippen LogP contribution < -0.4 is 0 Å². The van der Waals surface area contributed by atoms with Crippen LogP contribution in [0.3, 0.4) is 0 Å². The van der Waals surface area contributed by atoms with Crippen LogP contribution in [0.4, 0.5) is 0 Å². The lowest BCUT2D eigenvalue weighted by atomic mass is 10.3. The largest absolute Gasteiger partial charge is 0.481 e. The Bertz CT molecular complexity index is 243. The smallest absolute Gasteiger partial charge is 0.300 e. The molecule has 0 saturated carbocycles. The van der Waals surface area contributed by atoms with Crippen LogP contribution >= 0.6 is 0 Å². The molecular formula is C9H16N2O3. The number of hydrogen-bond donors (Lipinski definition) is 2. The van der Waals surface area contributed by atoms with Gasteiger partial charge in [0.15, 0.2) is 0 Å². The standard InChI is InChI=1S/C7H12N2O.C2H4O2/c1-2-3-7(10)9-5-4-8-6-9;1-2(3)4/h4-7,10H,2-3H2,1H3;1H3,(H,3,4). The van der Waals surface area contributed by atoms with Crippen LogP contribution in [0.25, 0.3) is 0 Å². The summed E-state index contributed by atoms with van der Waals surface area (Å²) in [7, 11) is 0. The minimum absolute atomic E-state index is 0.396. The Balaban J connectivity index is 0.000000364. The van der Waals surface area contributed by atoms with Crippen molar-refractivity contribution in [1.29, 1.82) is 0 Å². The van der Waals surface area contributed by atoms with Crippen molar-refractivity contribution >= 4 is 5.97 Å². The van der Waals surface area contributed by atoms with Crippen LogP contribution in [-0.2, 0) is 4.79 Å². The summed E-state index contributed by atoms with van der Waals surface area (Å²) in [6, 6.07) is 0. The highest BCUT2D eigenvalue weighted by Crippen LogP contribution is 2.07. The molecule has 1 rings (SSSR count). The Kier molecular flexibility index (Phi) is 6.39. The molecule has 1 heterocycles. The first-order valence-corrected chi connectivity index (χ1v) is 4.43. The topological polar surface area (TPSA) is 75.3 Å². The van der Waals surface area contributed by atoms with Crippen LogP contribution in [0.1, 0.15) is 32.9 Å². The fourth-order valence-corrected chi connectivity index (χ4v) is 0.853. The molecule has 0 fully saturated rings. The van der Waals surface area contributed by atoms with Crippen molar-refractivity contribution in [3.8, 4) is 0 Å². The minimum Gasteiger partial charge on any atom is -0.481 e. The quantitative estimate of drug-likeness (QED) is 0.770. The Morgan fingerprint density at radius 1 is 1.64 bits per heavy atom. The average molecular weight is 200 g/mol. The van der Waals surface area contributed by atoms with Crippen molar-refractivity contribution in [2.24, 2.45) is 0 Å². The first-order valence-electron chi connectivity index (χ1n) is 4.43. The highest BCUT2D eigenvalue weighted by molar-refractivity contribution is 5.62. The predicted molar refractivity (Wildman–Crippen MR) is 51.7 cm³/mol. The fourth-order valence-electron chi connectivity index (χ4n) is 0.853. The number of aliphatic hydroxyl groups excluding tert-OH is 1. The van der Waals surface area contributed by atoms with Crippen LogP contribution in [-0.4, -0.2) is 25.7 Å². The van der Waals surface area contributed by atoms with Crippen molar-refractivity contribution in [3.05, 3.63) is 18.7 Å². The lowest BCUT2D eigenvalue weighted by molar-refractivity contribution is -0.134. The molecule has 2 N–H and O–H groups in total. The van der Waals surface area contributed by atoms with Gasteiger partial charge in [-0.1, -0.05) is 13.3 Å². The Morgan fingerprint density at radius 2 is 2.21 bits per heavy atom. The summed E-state index contributed by atoms with van der Waals surface area (Å²) in [6.07, 6.45) is 6.43. The minimum atomic E-state index is -0.833. The molecule has 14 heavy (non-hydrogen) atoms. The van der Waals surface area contributed by atoms with Crippen molar-refractivity contribution in [3.63, 3.8) is 0 Å². The van der Waals surface area contributed by atoms with Gasteiger partial charge in [-0.2, -0.15) is 0 Å². The maximum Gasteiger partial charge on any atom is 0.300 e. The van der Waals surface area contributed by atoms with Gasteiger partial charge in [-0.3, -0.25) is 4.79 Å². The van der Waals surface area contributed by atoms with E-state index < -0.39 is 12.2 Å². The van der Waals surface area contributed by atoms with Gasteiger partial charge in [-0.15, -0.1) is 0 Å². The highest BCUT2D eigenvalue weighted by Gasteiger charge is 2.01. The van der Waals surface area contributed by atoms with Gasteiger partial charge in [-0.25, -0.2) is 4.98 Å². The number of nitrogens with zero attached hydrogens (tertiary/aromatic N) is 2. The lowest BCUT2D eigenvalue weighted by Gasteiger charge is -2.08. The summed E-state index contributed by atoms with van der Waals surface area (Å²) in [5.41, 5.74) is 0. The fraction of sp³-hybridized carbons (Fsp3) is 0.556. The first kappa shape index (κ1) is 12.6. The van der Waals surface area contributed by atoms with E-state index in [-0.39, 0.29) is 0 Å². The third kappa shape index (κ3) is 6.19. The molecule has 0 aliphatic heterocycles. The number of carboxylic acids is 1. The second-order valence-electron chi connectivity index (χ2n) is 2.80. The number of imidazole rings is 1. The number of carbonyl (C=O) groups is 1. The zero-order valence-corrected chi connectivity index (χ0v) is 8.42. The normalized spacial score (nSPS) is 11.4. The molecule has 0 bridgehead atoms. The van der Waals surface area contributed by atoms with Gasteiger partial charge >= 0.3 is 0 Å². The second kappa shape index (κ2) is 7.08. The molecule has 1 aromatic rings. The highest BCUT2D eigenvalue weighted by atomic mass is 16.4. The zero-order chi connectivity index (χ0) is 11.0. The van der Waals surface area contributed by atoms with Crippen molar-refractivity contribution in [2.45, 2.75) is 32.9 Å². The number of carboxylic acid groups (broad SMARTS) is 1. The van der Waals surface area contributed by atoms with Crippen molar-refractivity contribution < 1.29 is 15.0 Å². The van der Waals surface area contributed by atoms with Gasteiger partial charge in [0.25, 0.3) is 5.97 Å². The molecular weight excluding hydrogens is 184 g/mol. The molecule has 0 aliphatic carbocycles. The van der Waals surface area contributed by atoms with Gasteiger partial charge < -0.3 is 14.8 Å². The van der Waals surface area contributed by atoms with E-state index in [1.54, 1.807) is 23.3 Å². The average Bonchev–Trinajstić information content (AvgIpc) is 2.55. The summed E-state index contributed by atoms with van der Waals surface area (Å²) >= 11 is 0. The molecule has 0 radical (unpaired) electrons. The maximum atomic E-state index is 9.33. The SMILES string of the molecule is CC(=O)O.CCCC(O)n1ccnc1. The van der Waals surface area contributed by atoms with E-state index in [0.29, 0.717) is 0 Å². The maximum absolute atomic E-state index is 9.33. The van der Waals surface area contributed by atoms with E-state index >= 15 is 0 Å². The molecule has 0 aliphatic rings. The summed E-state index contributed by atoms with van der Waals surface area (Å²) in [6.45, 7) is 3.13. The molecule has 0 aromatic carbocycles. The molecule has 80 valence electrons. The summed E-state index contributed by atoms with van der Waals surface area (Å²) < 4.78 is 1.70. The van der Waals surface area contributed by atoms with E-state index in [4.69, 9.17) is 9.90 Å². The van der Waals surface area contributed by atoms with Crippen LogP contribution in [0.5, 0.6) is 0 Å². The zero-order valence-electron chi connectivity index (χ0n) is 8.42. The van der Waals surface area contributed by atoms with E-state index in [1.807, 2.05) is 6.92 Å². The lowest BCUT2D eigenvalue weighted by Crippen LogP contribution is -2.04. The number of aliphatic carboxylic acids is 1. The summed E-state index contributed by atoms with van der Waals surface area (Å²) in [5.74, 6) is -0.833. The second-order valence-corrected chi connectivity index (χ2v) is 2.80. The molecule has 1 atom stereocenters. The molecule has 0 amide bonds. The number of aliphatic hydroxyl groups is 1. The third-order valence-electron chi connectivity index (χ3n) is 1.42. The molecule has 1 unspecified atom stereocenters. The van der Waals surface area contributed by atoms with E-state index in [2.05, 4.69) is 4.98 Å². The van der Waals surface area contributed by atoms with Gasteiger partial charge in [0.1, 0.15) is 6.23 Å². The number of aromatic nitrogens is 2. The van der Waals surface area contributed by atoms with Gasteiger partial charge in [0.05, 0.1) is 6.33 Å². The Labute approximate surface area is 83.0 Å². The molecule has 0 saturated heterocycles. The van der Waals surface area contributed by atoms with Crippen LogP contribution in [0.15, 0.2) is 18.7 Å². The molecule has 0 spiro atoms. The van der Waals surface area contributed by atoms with E-state index in [0.717, 1.165) is 19.8 Å². The predicted octanol–water partition coefficient (Wildman–Crippen LogP) is 1.26. The summed E-state index contributed by atoms with van der Waals surface area (Å²) in [4.78, 5) is 12.8. The van der Waals surface area contributed by atoms with Crippen LogP contribution in [0.2, 0.25) is 0 Å². The monoisotopic (exact) mass is 200 g/mol. The van der Waals surface area contributed by atoms with Crippen LogP contribution in [0, 0.1) is 0 Å². The Hall–Kier alpha value is -1.36. The molecule has 5 nitrogen and oxygen atoms in total. The van der Waals surface area contributed by atoms with Crippen molar-refractivity contribution in [1.82, 2.24) is 9.55 Å². The summed E-state index contributed by atoms with van der Waals surface area (Å²) in [5, 5.41) is 16.7. The van der Waals surface area contributed by atoms with Gasteiger partial charge in [0, 0.05) is 19.3 Å². The van der Waals surface area contributed by atoms with Gasteiger partial charge in [0.2, 0.25) is 0 Å². The van der Waals surface area contributed by atoms with E-state index in [1.165, 1.54) is 0 Å². The van der Waals surface area contributed by atoms with Gasteiger partial charge in [-0.05, 0) is 6.42 Å².